The monoisotopic (exact) mass is 443 g/mol. The molecule has 0 radical (unpaired) electrons. The topological polar surface area (TPSA) is 103 Å². The van der Waals surface area contributed by atoms with Crippen molar-refractivity contribution in [2.45, 2.75) is 33.2 Å². The van der Waals surface area contributed by atoms with Crippen molar-refractivity contribution >= 4 is 31.4 Å². The van der Waals surface area contributed by atoms with Gasteiger partial charge in [0.15, 0.2) is 14.2 Å². The van der Waals surface area contributed by atoms with E-state index in [1.54, 1.807) is 6.07 Å². The zero-order valence-corrected chi connectivity index (χ0v) is 19.1. The number of anilines is 2. The van der Waals surface area contributed by atoms with Crippen molar-refractivity contribution < 1.29 is 18.6 Å². The van der Waals surface area contributed by atoms with Crippen LogP contribution >= 0.6 is 8.38 Å². The normalized spacial score (nSPS) is 15.5. The Labute approximate surface area is 184 Å². The van der Waals surface area contributed by atoms with Gasteiger partial charge in [-0.2, -0.15) is 0 Å². The lowest BCUT2D eigenvalue weighted by Crippen LogP contribution is -2.31. The molecule has 1 atom stereocenters. The highest BCUT2D eigenvalue weighted by molar-refractivity contribution is 7.47. The highest BCUT2D eigenvalue weighted by Gasteiger charge is 2.27. The van der Waals surface area contributed by atoms with Crippen molar-refractivity contribution in [2.75, 3.05) is 36.6 Å². The summed E-state index contributed by atoms with van der Waals surface area (Å²) in [6.07, 6.45) is 0.961. The minimum atomic E-state index is -0.917. The van der Waals surface area contributed by atoms with E-state index in [2.05, 4.69) is 10.6 Å². The Kier molecular flexibility index (Phi) is 8.02. The van der Waals surface area contributed by atoms with Gasteiger partial charge in [-0.05, 0) is 61.7 Å². The molecule has 1 aliphatic heterocycles. The molecule has 0 aromatic heterocycles. The SMILES string of the molecule is CCOP(CCNc1ccc2c(c1)CC(=O)c1ccc(C)cc1NC2C(N)=O)OCC. The fraction of sp³-hybridized carbons (Fsp3) is 0.391. The number of hydrogen-bond acceptors (Lipinski definition) is 6. The Morgan fingerprint density at radius 3 is 2.61 bits per heavy atom. The van der Waals surface area contributed by atoms with Crippen molar-refractivity contribution in [3.05, 3.63) is 58.7 Å². The van der Waals surface area contributed by atoms with Crippen molar-refractivity contribution in [1.82, 2.24) is 0 Å². The third-order valence-electron chi connectivity index (χ3n) is 5.03. The second-order valence-corrected chi connectivity index (χ2v) is 8.99. The second-order valence-electron chi connectivity index (χ2n) is 7.36. The van der Waals surface area contributed by atoms with Gasteiger partial charge >= 0.3 is 0 Å². The quantitative estimate of drug-likeness (QED) is 0.503. The number of primary amides is 1. The summed E-state index contributed by atoms with van der Waals surface area (Å²) in [5.74, 6) is -0.483. The van der Waals surface area contributed by atoms with Crippen LogP contribution in [0.5, 0.6) is 0 Å². The summed E-state index contributed by atoms with van der Waals surface area (Å²) in [5, 5.41) is 6.56. The van der Waals surface area contributed by atoms with Gasteiger partial charge in [0.25, 0.3) is 0 Å². The maximum absolute atomic E-state index is 13.0. The molecule has 4 N–H and O–H groups in total. The number of rotatable bonds is 9. The van der Waals surface area contributed by atoms with E-state index in [0.717, 1.165) is 28.5 Å². The van der Waals surface area contributed by atoms with Gasteiger partial charge in [-0.15, -0.1) is 0 Å². The first-order chi connectivity index (χ1) is 14.9. The average Bonchev–Trinajstić information content (AvgIpc) is 2.71. The van der Waals surface area contributed by atoms with Crippen molar-refractivity contribution in [2.24, 2.45) is 5.73 Å². The third kappa shape index (κ3) is 5.82. The van der Waals surface area contributed by atoms with Crippen LogP contribution in [0.2, 0.25) is 0 Å². The molecule has 0 saturated heterocycles. The lowest BCUT2D eigenvalue weighted by atomic mass is 9.90. The van der Waals surface area contributed by atoms with E-state index in [-0.39, 0.29) is 12.2 Å². The number of carbonyl (C=O) groups is 2. The second kappa shape index (κ2) is 10.7. The summed E-state index contributed by atoms with van der Waals surface area (Å²) in [5.41, 5.74) is 10.3. The van der Waals surface area contributed by atoms with Gasteiger partial charge in [0.05, 0.1) is 13.2 Å². The molecule has 2 aromatic rings. The molecular formula is C23H30N3O4P. The molecule has 166 valence electrons. The van der Waals surface area contributed by atoms with Gasteiger partial charge in [0.1, 0.15) is 6.04 Å². The molecule has 2 aromatic carbocycles. The Bertz CT molecular complexity index is 944. The van der Waals surface area contributed by atoms with Gasteiger partial charge in [0.2, 0.25) is 5.91 Å². The third-order valence-corrected chi connectivity index (χ3v) is 6.72. The number of carbonyl (C=O) groups excluding carboxylic acids is 2. The van der Waals surface area contributed by atoms with Crippen molar-refractivity contribution in [1.29, 1.82) is 0 Å². The number of amides is 1. The summed E-state index contributed by atoms with van der Waals surface area (Å²) in [4.78, 5) is 25.2. The molecule has 1 unspecified atom stereocenters. The predicted molar refractivity (Wildman–Crippen MR) is 125 cm³/mol. The Morgan fingerprint density at radius 2 is 1.94 bits per heavy atom. The number of hydrogen-bond donors (Lipinski definition) is 3. The maximum atomic E-state index is 13.0. The first-order valence-electron chi connectivity index (χ1n) is 10.5. The number of fused-ring (bicyclic) bond motifs is 2. The van der Waals surface area contributed by atoms with E-state index < -0.39 is 20.3 Å². The molecule has 1 aliphatic rings. The minimum Gasteiger partial charge on any atom is -0.385 e. The summed E-state index contributed by atoms with van der Waals surface area (Å²) in [6.45, 7) is 7.77. The molecule has 3 rings (SSSR count). The largest absolute Gasteiger partial charge is 0.385 e. The van der Waals surface area contributed by atoms with Crippen molar-refractivity contribution in [3.8, 4) is 0 Å². The summed E-state index contributed by atoms with van der Waals surface area (Å²) in [7, 11) is -0.917. The van der Waals surface area contributed by atoms with E-state index in [9.17, 15) is 9.59 Å². The van der Waals surface area contributed by atoms with Gasteiger partial charge in [-0.1, -0.05) is 12.1 Å². The molecule has 31 heavy (non-hydrogen) atoms. The zero-order valence-electron chi connectivity index (χ0n) is 18.2. The smallest absolute Gasteiger partial charge is 0.244 e. The van der Waals surface area contributed by atoms with Crippen LogP contribution in [0.4, 0.5) is 11.4 Å². The predicted octanol–water partition coefficient (Wildman–Crippen LogP) is 4.17. The number of nitrogens with one attached hydrogen (secondary N) is 2. The summed E-state index contributed by atoms with van der Waals surface area (Å²) in [6, 6.07) is 10.6. The first kappa shape index (κ1) is 23.2. The number of aryl methyl sites for hydroxylation is 1. The maximum Gasteiger partial charge on any atom is 0.244 e. The van der Waals surface area contributed by atoms with Gasteiger partial charge in [0, 0.05) is 36.1 Å². The molecule has 8 heteroatoms. The molecular weight excluding hydrogens is 413 g/mol. The van der Waals surface area contributed by atoms with Crippen LogP contribution in [0.15, 0.2) is 36.4 Å². The molecule has 0 saturated carbocycles. The molecule has 0 bridgehead atoms. The van der Waals surface area contributed by atoms with E-state index >= 15 is 0 Å². The van der Waals surface area contributed by atoms with Crippen molar-refractivity contribution in [3.63, 3.8) is 0 Å². The number of ketones is 1. The van der Waals surface area contributed by atoms with Gasteiger partial charge in [-0.25, -0.2) is 0 Å². The highest BCUT2D eigenvalue weighted by Crippen LogP contribution is 2.37. The van der Waals surface area contributed by atoms with Crippen LogP contribution in [-0.4, -0.2) is 37.6 Å². The number of Topliss-reactive ketones (excluding diaryl/α,β-unsaturated/α-hetero) is 1. The minimum absolute atomic E-state index is 0.0000304. The molecule has 7 nitrogen and oxygen atoms in total. The van der Waals surface area contributed by atoms with Crippen LogP contribution < -0.4 is 16.4 Å². The molecule has 0 fully saturated rings. The summed E-state index contributed by atoms with van der Waals surface area (Å²) < 4.78 is 11.3. The number of benzene rings is 2. The van der Waals surface area contributed by atoms with E-state index in [0.29, 0.717) is 31.0 Å². The van der Waals surface area contributed by atoms with E-state index in [4.69, 9.17) is 14.8 Å². The fourth-order valence-electron chi connectivity index (χ4n) is 3.64. The van der Waals surface area contributed by atoms with Gasteiger partial charge < -0.3 is 25.4 Å². The van der Waals surface area contributed by atoms with Crippen LogP contribution in [0.1, 0.15) is 46.9 Å². The van der Waals surface area contributed by atoms with Crippen LogP contribution in [0, 0.1) is 6.92 Å². The zero-order chi connectivity index (χ0) is 22.4. The van der Waals surface area contributed by atoms with E-state index in [1.807, 2.05) is 51.1 Å². The van der Waals surface area contributed by atoms with Crippen LogP contribution in [0.3, 0.4) is 0 Å². The highest BCUT2D eigenvalue weighted by atomic mass is 31.2. The van der Waals surface area contributed by atoms with Gasteiger partial charge in [-0.3, -0.25) is 9.59 Å². The Morgan fingerprint density at radius 1 is 1.19 bits per heavy atom. The van der Waals surface area contributed by atoms with E-state index in [1.165, 1.54) is 0 Å². The molecule has 0 spiro atoms. The first-order valence-corrected chi connectivity index (χ1v) is 11.9. The lowest BCUT2D eigenvalue weighted by Gasteiger charge is -2.25. The lowest BCUT2D eigenvalue weighted by molar-refractivity contribution is -0.118. The Balaban J connectivity index is 1.82. The summed E-state index contributed by atoms with van der Waals surface area (Å²) >= 11 is 0. The molecule has 1 amide bonds. The number of nitrogens with two attached hydrogens (primary N) is 1. The van der Waals surface area contributed by atoms with Crippen LogP contribution in [0.25, 0.3) is 0 Å². The van der Waals surface area contributed by atoms with Crippen LogP contribution in [-0.2, 0) is 20.3 Å². The Hall–Kier alpha value is -2.47. The molecule has 1 heterocycles. The molecule has 0 aliphatic carbocycles. The fourth-order valence-corrected chi connectivity index (χ4v) is 4.85. The average molecular weight is 443 g/mol. The standard InChI is InChI=1S/C23H30N3O4P/c1-4-29-31(30-5-2)11-10-25-17-7-9-18-16(13-17)14-21(27)19-8-6-15(3)12-20(19)26-22(18)23(24)28/h6-9,12-13,22,25-26H,4-5,10-11,14H2,1-3H3,(H2,24,28).